The Morgan fingerprint density at radius 3 is 1.86 bits per heavy atom. The number of carbonyl (C=O) groups is 3. The van der Waals surface area contributed by atoms with Crippen LogP contribution in [-0.2, 0) is 38.5 Å². The molecule has 0 bridgehead atoms. The highest BCUT2D eigenvalue weighted by molar-refractivity contribution is 5.98. The maximum atomic E-state index is 13.4. The van der Waals surface area contributed by atoms with Crippen LogP contribution in [0.25, 0.3) is 0 Å². The summed E-state index contributed by atoms with van der Waals surface area (Å²) in [7, 11) is 0. The van der Waals surface area contributed by atoms with E-state index in [1.165, 1.54) is 6.07 Å². The number of amides is 1. The molecule has 188 valence electrons. The number of nitrogens with one attached hydrogen (secondary N) is 1. The Morgan fingerprint density at radius 2 is 1.28 bits per heavy atom. The van der Waals surface area contributed by atoms with E-state index in [-0.39, 0.29) is 26.1 Å². The second-order valence-corrected chi connectivity index (χ2v) is 7.85. The molecular formula is C27H24F3NO5. The summed E-state index contributed by atoms with van der Waals surface area (Å²) >= 11 is 0. The minimum Gasteiger partial charge on any atom is -0.461 e. The van der Waals surface area contributed by atoms with Crippen molar-refractivity contribution in [2.75, 3.05) is 0 Å². The molecule has 1 N–H and O–H groups in total. The van der Waals surface area contributed by atoms with Crippen LogP contribution >= 0.6 is 0 Å². The Labute approximate surface area is 206 Å². The highest BCUT2D eigenvalue weighted by atomic mass is 19.4. The first-order valence-electron chi connectivity index (χ1n) is 11.1. The van der Waals surface area contributed by atoms with Crippen LogP contribution in [0.15, 0.2) is 84.9 Å². The molecule has 0 unspecified atom stereocenters. The first-order chi connectivity index (χ1) is 17.2. The van der Waals surface area contributed by atoms with E-state index in [1.54, 1.807) is 54.6 Å². The van der Waals surface area contributed by atoms with Gasteiger partial charge in [0.05, 0.1) is 11.1 Å². The Morgan fingerprint density at radius 1 is 0.750 bits per heavy atom. The summed E-state index contributed by atoms with van der Waals surface area (Å²) in [4.78, 5) is 37.7. The Kier molecular flexibility index (Phi) is 9.21. The summed E-state index contributed by atoms with van der Waals surface area (Å²) in [6.07, 6.45) is -5.25. The lowest BCUT2D eigenvalue weighted by Crippen LogP contribution is -2.42. The molecule has 0 saturated heterocycles. The maximum Gasteiger partial charge on any atom is 0.417 e. The standard InChI is InChI=1S/C27H24F3NO5/c28-27(29,30)22-14-8-7-13-21(22)25(33)31-23(26(34)36-18-20-11-5-2-6-12-20)15-16-24(32)35-17-19-9-3-1-4-10-19/h1-14,23H,15-18H2,(H,31,33)/t23-/m0/s1. The van der Waals surface area contributed by atoms with Gasteiger partial charge in [-0.15, -0.1) is 0 Å². The van der Waals surface area contributed by atoms with Crippen molar-refractivity contribution in [2.24, 2.45) is 0 Å². The van der Waals surface area contributed by atoms with Gasteiger partial charge in [0.1, 0.15) is 19.3 Å². The first-order valence-corrected chi connectivity index (χ1v) is 11.1. The largest absolute Gasteiger partial charge is 0.461 e. The summed E-state index contributed by atoms with van der Waals surface area (Å²) < 4.78 is 50.5. The Bertz CT molecular complexity index is 1170. The van der Waals surface area contributed by atoms with Gasteiger partial charge in [-0.2, -0.15) is 13.2 Å². The second kappa shape index (κ2) is 12.5. The van der Waals surface area contributed by atoms with Crippen LogP contribution < -0.4 is 5.32 Å². The van der Waals surface area contributed by atoms with E-state index in [1.807, 2.05) is 6.07 Å². The third-order valence-corrected chi connectivity index (χ3v) is 5.17. The second-order valence-electron chi connectivity index (χ2n) is 7.85. The smallest absolute Gasteiger partial charge is 0.417 e. The van der Waals surface area contributed by atoms with Gasteiger partial charge in [-0.3, -0.25) is 9.59 Å². The number of ether oxygens (including phenoxy) is 2. The van der Waals surface area contributed by atoms with Crippen molar-refractivity contribution in [1.82, 2.24) is 5.32 Å². The van der Waals surface area contributed by atoms with Gasteiger partial charge in [0, 0.05) is 6.42 Å². The molecule has 9 heteroatoms. The number of carbonyl (C=O) groups excluding carboxylic acids is 3. The van der Waals surface area contributed by atoms with Gasteiger partial charge < -0.3 is 14.8 Å². The lowest BCUT2D eigenvalue weighted by molar-refractivity contribution is -0.148. The van der Waals surface area contributed by atoms with E-state index in [9.17, 15) is 27.6 Å². The molecular weight excluding hydrogens is 475 g/mol. The van der Waals surface area contributed by atoms with Crippen LogP contribution in [0, 0.1) is 0 Å². The Hall–Kier alpha value is -4.14. The summed E-state index contributed by atoms with van der Waals surface area (Å²) in [5, 5.41) is 2.29. The zero-order chi connectivity index (χ0) is 26.0. The highest BCUT2D eigenvalue weighted by Gasteiger charge is 2.35. The van der Waals surface area contributed by atoms with Gasteiger partial charge >= 0.3 is 18.1 Å². The molecule has 0 radical (unpaired) electrons. The van der Waals surface area contributed by atoms with E-state index in [0.717, 1.165) is 23.8 Å². The minimum absolute atomic E-state index is 0.0219. The average molecular weight is 499 g/mol. The van der Waals surface area contributed by atoms with Crippen LogP contribution in [-0.4, -0.2) is 23.9 Å². The maximum absolute atomic E-state index is 13.4. The number of benzene rings is 3. The van der Waals surface area contributed by atoms with Gasteiger partial charge in [-0.1, -0.05) is 72.8 Å². The molecule has 6 nitrogen and oxygen atoms in total. The first kappa shape index (κ1) is 26.5. The van der Waals surface area contributed by atoms with Crippen molar-refractivity contribution in [2.45, 2.75) is 38.3 Å². The van der Waals surface area contributed by atoms with Gasteiger partial charge in [0.25, 0.3) is 5.91 Å². The van der Waals surface area contributed by atoms with Crippen LogP contribution in [0.1, 0.15) is 39.9 Å². The van der Waals surface area contributed by atoms with Gasteiger partial charge in [-0.25, -0.2) is 4.79 Å². The van der Waals surface area contributed by atoms with Crippen molar-refractivity contribution in [1.29, 1.82) is 0 Å². The molecule has 0 saturated carbocycles. The van der Waals surface area contributed by atoms with Gasteiger partial charge in [0.15, 0.2) is 0 Å². The molecule has 0 aliphatic carbocycles. The molecule has 0 heterocycles. The SMILES string of the molecule is O=C(CC[C@H](NC(=O)c1ccccc1C(F)(F)F)C(=O)OCc1ccccc1)OCc1ccccc1. The molecule has 1 atom stereocenters. The number of halogens is 3. The molecule has 36 heavy (non-hydrogen) atoms. The number of alkyl halides is 3. The number of esters is 2. The fourth-order valence-electron chi connectivity index (χ4n) is 3.31. The molecule has 1 amide bonds. The summed E-state index contributed by atoms with van der Waals surface area (Å²) in [5.41, 5.74) is -0.332. The van der Waals surface area contributed by atoms with Crippen molar-refractivity contribution >= 4 is 17.8 Å². The van der Waals surface area contributed by atoms with E-state index in [0.29, 0.717) is 5.56 Å². The molecule has 0 fully saturated rings. The zero-order valence-electron chi connectivity index (χ0n) is 19.2. The normalized spacial score (nSPS) is 11.9. The summed E-state index contributed by atoms with van der Waals surface area (Å²) in [6.45, 7) is -0.0856. The molecule has 0 aliphatic heterocycles. The highest BCUT2D eigenvalue weighted by Crippen LogP contribution is 2.31. The third-order valence-electron chi connectivity index (χ3n) is 5.17. The number of rotatable bonds is 10. The van der Waals surface area contributed by atoms with Crippen LogP contribution in [0.4, 0.5) is 13.2 Å². The average Bonchev–Trinajstić information content (AvgIpc) is 2.89. The zero-order valence-corrected chi connectivity index (χ0v) is 19.2. The molecule has 0 aliphatic rings. The van der Waals surface area contributed by atoms with Crippen molar-refractivity contribution in [3.05, 3.63) is 107 Å². The van der Waals surface area contributed by atoms with Crippen LogP contribution in [0.3, 0.4) is 0 Å². The molecule has 3 aromatic carbocycles. The van der Waals surface area contributed by atoms with Crippen LogP contribution in [0.2, 0.25) is 0 Å². The summed E-state index contributed by atoms with van der Waals surface area (Å²) in [6, 6.07) is 20.5. The van der Waals surface area contributed by atoms with E-state index >= 15 is 0 Å². The topological polar surface area (TPSA) is 81.7 Å². The summed E-state index contributed by atoms with van der Waals surface area (Å²) in [5.74, 6) is -2.63. The Balaban J connectivity index is 1.68. The number of hydrogen-bond acceptors (Lipinski definition) is 5. The minimum atomic E-state index is -4.77. The lowest BCUT2D eigenvalue weighted by Gasteiger charge is -2.19. The molecule has 0 spiro atoms. The quantitative estimate of drug-likeness (QED) is 0.394. The van der Waals surface area contributed by atoms with Gasteiger partial charge in [0.2, 0.25) is 0 Å². The molecule has 0 aromatic heterocycles. The van der Waals surface area contributed by atoms with Crippen molar-refractivity contribution in [3.63, 3.8) is 0 Å². The predicted octanol–water partition coefficient (Wildman–Crippen LogP) is 5.07. The fourth-order valence-corrected chi connectivity index (χ4v) is 3.31. The van der Waals surface area contributed by atoms with Crippen LogP contribution in [0.5, 0.6) is 0 Å². The van der Waals surface area contributed by atoms with E-state index in [2.05, 4.69) is 5.32 Å². The van der Waals surface area contributed by atoms with Crippen molar-refractivity contribution in [3.8, 4) is 0 Å². The third kappa shape index (κ3) is 7.97. The van der Waals surface area contributed by atoms with E-state index < -0.39 is 41.2 Å². The van der Waals surface area contributed by atoms with Crippen molar-refractivity contribution < 1.29 is 37.0 Å². The number of hydrogen-bond donors (Lipinski definition) is 1. The lowest BCUT2D eigenvalue weighted by atomic mass is 10.1. The van der Waals surface area contributed by atoms with E-state index in [4.69, 9.17) is 9.47 Å². The fraction of sp³-hybridized carbons (Fsp3) is 0.222. The van der Waals surface area contributed by atoms with Gasteiger partial charge in [-0.05, 0) is 29.7 Å². The molecule has 3 aromatic rings. The predicted molar refractivity (Wildman–Crippen MR) is 124 cm³/mol. The monoisotopic (exact) mass is 499 g/mol. The molecule has 3 rings (SSSR count).